The first-order valence-electron chi connectivity index (χ1n) is 8.63. The highest BCUT2D eigenvalue weighted by Crippen LogP contribution is 2.64. The maximum Gasteiger partial charge on any atom is 0.0519 e. The molecule has 21 heavy (non-hydrogen) atoms. The number of aryl methyl sites for hydroxylation is 2. The Morgan fingerprint density at radius 2 is 1.62 bits per heavy atom. The van der Waals surface area contributed by atoms with Gasteiger partial charge in [-0.3, -0.25) is 11.3 Å². The lowest BCUT2D eigenvalue weighted by Crippen LogP contribution is -2.53. The number of nitrogens with one attached hydrogen (secondary N) is 1. The van der Waals surface area contributed by atoms with Crippen molar-refractivity contribution >= 4 is 0 Å². The summed E-state index contributed by atoms with van der Waals surface area (Å²) >= 11 is 0. The van der Waals surface area contributed by atoms with Crippen LogP contribution in [0.25, 0.3) is 0 Å². The van der Waals surface area contributed by atoms with Crippen LogP contribution < -0.4 is 11.3 Å². The van der Waals surface area contributed by atoms with Gasteiger partial charge in [0.2, 0.25) is 0 Å². The van der Waals surface area contributed by atoms with Crippen LogP contribution in [0.4, 0.5) is 0 Å². The molecule has 4 bridgehead atoms. The molecule has 0 heterocycles. The minimum absolute atomic E-state index is 0.339. The van der Waals surface area contributed by atoms with Crippen molar-refractivity contribution in [2.24, 2.45) is 29.0 Å². The van der Waals surface area contributed by atoms with E-state index in [-0.39, 0.29) is 0 Å². The van der Waals surface area contributed by atoms with Crippen LogP contribution in [0.2, 0.25) is 0 Å². The van der Waals surface area contributed by atoms with Gasteiger partial charge in [-0.2, -0.15) is 0 Å². The fourth-order valence-electron chi connectivity index (χ4n) is 6.20. The van der Waals surface area contributed by atoms with E-state index < -0.39 is 0 Å². The van der Waals surface area contributed by atoms with Crippen molar-refractivity contribution in [3.8, 4) is 0 Å². The number of rotatable bonds is 3. The Kier molecular flexibility index (Phi) is 3.16. The predicted molar refractivity (Wildman–Crippen MR) is 86.6 cm³/mol. The van der Waals surface area contributed by atoms with Gasteiger partial charge in [0.1, 0.15) is 0 Å². The van der Waals surface area contributed by atoms with Gasteiger partial charge >= 0.3 is 0 Å². The number of hydrazine groups is 1. The molecule has 4 aliphatic carbocycles. The largest absolute Gasteiger partial charge is 0.271 e. The topological polar surface area (TPSA) is 38.0 Å². The van der Waals surface area contributed by atoms with Gasteiger partial charge < -0.3 is 0 Å². The molecule has 4 aliphatic rings. The molecule has 0 amide bonds. The molecule has 2 heteroatoms. The van der Waals surface area contributed by atoms with Crippen LogP contribution in [-0.2, 0) is 0 Å². The molecular weight excluding hydrogens is 256 g/mol. The second-order valence-electron chi connectivity index (χ2n) is 8.24. The summed E-state index contributed by atoms with van der Waals surface area (Å²) in [6, 6.07) is 7.17. The highest BCUT2D eigenvalue weighted by molar-refractivity contribution is 5.35. The molecule has 1 atom stereocenters. The summed E-state index contributed by atoms with van der Waals surface area (Å²) in [7, 11) is 0. The molecule has 5 rings (SSSR count). The summed E-state index contributed by atoms with van der Waals surface area (Å²) in [4.78, 5) is 0. The van der Waals surface area contributed by atoms with Gasteiger partial charge in [-0.05, 0) is 86.7 Å². The van der Waals surface area contributed by atoms with E-state index in [0.29, 0.717) is 11.5 Å². The van der Waals surface area contributed by atoms with Gasteiger partial charge in [-0.15, -0.1) is 0 Å². The second kappa shape index (κ2) is 4.82. The Labute approximate surface area is 128 Å². The molecule has 114 valence electrons. The molecule has 3 N–H and O–H groups in total. The van der Waals surface area contributed by atoms with Crippen molar-refractivity contribution in [1.82, 2.24) is 5.43 Å². The SMILES string of the molecule is Cc1ccc(C)c(C(NN)C23CC4CC(CC(C4)C2)C3)c1. The van der Waals surface area contributed by atoms with Crippen molar-refractivity contribution in [3.05, 3.63) is 34.9 Å². The zero-order chi connectivity index (χ0) is 14.6. The van der Waals surface area contributed by atoms with E-state index in [0.717, 1.165) is 17.8 Å². The standard InChI is InChI=1S/C19H28N2/c1-12-3-4-13(2)17(5-12)18(21-20)19-9-14-6-15(10-19)8-16(7-14)11-19/h3-5,14-16,18,21H,6-11,20H2,1-2H3. The zero-order valence-electron chi connectivity index (χ0n) is 13.4. The van der Waals surface area contributed by atoms with E-state index in [1.165, 1.54) is 55.2 Å². The summed E-state index contributed by atoms with van der Waals surface area (Å²) < 4.78 is 0. The van der Waals surface area contributed by atoms with Crippen molar-refractivity contribution in [1.29, 1.82) is 0 Å². The Morgan fingerprint density at radius 1 is 1.05 bits per heavy atom. The Balaban J connectivity index is 1.74. The average Bonchev–Trinajstić information content (AvgIpc) is 2.41. The number of nitrogens with two attached hydrogens (primary N) is 1. The van der Waals surface area contributed by atoms with Crippen molar-refractivity contribution in [3.63, 3.8) is 0 Å². The van der Waals surface area contributed by atoms with Crippen molar-refractivity contribution < 1.29 is 0 Å². The predicted octanol–water partition coefficient (Wildman–Crippen LogP) is 4.02. The minimum Gasteiger partial charge on any atom is -0.271 e. The van der Waals surface area contributed by atoms with E-state index >= 15 is 0 Å². The first-order chi connectivity index (χ1) is 10.1. The minimum atomic E-state index is 0.339. The molecular formula is C19H28N2. The molecule has 0 aliphatic heterocycles. The molecule has 0 spiro atoms. The first-order valence-corrected chi connectivity index (χ1v) is 8.63. The third-order valence-electron chi connectivity index (χ3n) is 6.61. The lowest BCUT2D eigenvalue weighted by Gasteiger charge is -2.59. The van der Waals surface area contributed by atoms with E-state index in [1.54, 1.807) is 0 Å². The highest BCUT2D eigenvalue weighted by atomic mass is 15.2. The van der Waals surface area contributed by atoms with Crippen LogP contribution in [0.3, 0.4) is 0 Å². The summed E-state index contributed by atoms with van der Waals surface area (Å²) in [6.45, 7) is 4.43. The second-order valence-corrected chi connectivity index (χ2v) is 8.24. The molecule has 1 aromatic rings. The monoisotopic (exact) mass is 284 g/mol. The number of hydrogen-bond acceptors (Lipinski definition) is 2. The van der Waals surface area contributed by atoms with Gasteiger partial charge in [-0.25, -0.2) is 0 Å². The summed E-state index contributed by atoms with van der Waals surface area (Å²) in [5, 5.41) is 0. The molecule has 0 radical (unpaired) electrons. The third-order valence-corrected chi connectivity index (χ3v) is 6.61. The fourth-order valence-corrected chi connectivity index (χ4v) is 6.20. The smallest absolute Gasteiger partial charge is 0.0519 e. The van der Waals surface area contributed by atoms with E-state index in [9.17, 15) is 0 Å². The molecule has 4 saturated carbocycles. The van der Waals surface area contributed by atoms with Crippen LogP contribution in [0.15, 0.2) is 18.2 Å². The maximum absolute atomic E-state index is 6.10. The van der Waals surface area contributed by atoms with Crippen LogP contribution in [0.5, 0.6) is 0 Å². The van der Waals surface area contributed by atoms with E-state index in [1.807, 2.05) is 0 Å². The van der Waals surface area contributed by atoms with Gasteiger partial charge in [-0.1, -0.05) is 23.8 Å². The van der Waals surface area contributed by atoms with E-state index in [2.05, 4.69) is 37.5 Å². The molecule has 4 fully saturated rings. The van der Waals surface area contributed by atoms with Crippen LogP contribution in [-0.4, -0.2) is 0 Å². The Hall–Kier alpha value is -0.860. The average molecular weight is 284 g/mol. The van der Waals surface area contributed by atoms with Crippen molar-refractivity contribution in [2.45, 2.75) is 58.4 Å². The van der Waals surface area contributed by atoms with Crippen LogP contribution in [0.1, 0.15) is 61.3 Å². The number of hydrogen-bond donors (Lipinski definition) is 2. The first kappa shape index (κ1) is 13.8. The molecule has 0 aromatic heterocycles. The maximum atomic E-state index is 6.10. The van der Waals surface area contributed by atoms with Gasteiger partial charge in [0.15, 0.2) is 0 Å². The van der Waals surface area contributed by atoms with Gasteiger partial charge in [0.25, 0.3) is 0 Å². The summed E-state index contributed by atoms with van der Waals surface area (Å²) in [5.41, 5.74) is 7.84. The Bertz CT molecular complexity index is 513. The lowest BCUT2D eigenvalue weighted by atomic mass is 9.47. The molecule has 2 nitrogen and oxygen atoms in total. The fraction of sp³-hybridized carbons (Fsp3) is 0.684. The lowest BCUT2D eigenvalue weighted by molar-refractivity contribution is -0.0750. The van der Waals surface area contributed by atoms with Crippen LogP contribution >= 0.6 is 0 Å². The van der Waals surface area contributed by atoms with Gasteiger partial charge in [0.05, 0.1) is 6.04 Å². The van der Waals surface area contributed by atoms with E-state index in [4.69, 9.17) is 5.84 Å². The summed E-state index contributed by atoms with van der Waals surface area (Å²) in [5.74, 6) is 9.00. The molecule has 1 aromatic carbocycles. The molecule has 1 unspecified atom stereocenters. The third kappa shape index (κ3) is 2.15. The zero-order valence-corrected chi connectivity index (χ0v) is 13.4. The quantitative estimate of drug-likeness (QED) is 0.650. The van der Waals surface area contributed by atoms with Crippen molar-refractivity contribution in [2.75, 3.05) is 0 Å². The highest BCUT2D eigenvalue weighted by Gasteiger charge is 2.54. The normalized spacial score (nSPS) is 38.7. The number of benzene rings is 1. The summed E-state index contributed by atoms with van der Waals surface area (Å²) in [6.07, 6.45) is 8.64. The van der Waals surface area contributed by atoms with Gasteiger partial charge in [0, 0.05) is 0 Å². The van der Waals surface area contributed by atoms with Crippen LogP contribution in [0, 0.1) is 37.0 Å². The molecule has 0 saturated heterocycles. The Morgan fingerprint density at radius 3 is 2.14 bits per heavy atom.